The van der Waals surface area contributed by atoms with Gasteiger partial charge in [0, 0.05) is 10.2 Å². The van der Waals surface area contributed by atoms with Crippen LogP contribution in [0.25, 0.3) is 0 Å². The number of hydrogen-bond acceptors (Lipinski definition) is 3. The summed E-state index contributed by atoms with van der Waals surface area (Å²) in [5, 5.41) is 0. The predicted octanol–water partition coefficient (Wildman–Crippen LogP) is 2.58. The van der Waals surface area contributed by atoms with Gasteiger partial charge in [0.2, 0.25) is 0 Å². The van der Waals surface area contributed by atoms with E-state index >= 15 is 0 Å². The molecule has 15 heavy (non-hydrogen) atoms. The third-order valence-electron chi connectivity index (χ3n) is 2.78. The third-order valence-corrected chi connectivity index (χ3v) is 3.27. The Labute approximate surface area is 99.3 Å². The van der Waals surface area contributed by atoms with Crippen LogP contribution >= 0.6 is 15.9 Å². The second kappa shape index (κ2) is 5.49. The van der Waals surface area contributed by atoms with Crippen molar-refractivity contribution < 1.29 is 0 Å². The summed E-state index contributed by atoms with van der Waals surface area (Å²) in [6.45, 7) is 4.30. The lowest BCUT2D eigenvalue weighted by atomic mass is 9.92. The fraction of sp³-hybridized carbons (Fsp3) is 0.455. The van der Waals surface area contributed by atoms with Crippen molar-refractivity contribution in [3.05, 3.63) is 28.2 Å². The molecule has 0 aromatic heterocycles. The third kappa shape index (κ3) is 2.93. The molecule has 0 bridgehead atoms. The van der Waals surface area contributed by atoms with Crippen LogP contribution in [0.2, 0.25) is 0 Å². The topological polar surface area (TPSA) is 64.1 Å². The first-order valence-electron chi connectivity index (χ1n) is 5.11. The maximum absolute atomic E-state index is 5.94. The lowest BCUT2D eigenvalue weighted by Gasteiger charge is -2.24. The molecule has 1 aromatic carbocycles. The van der Waals surface area contributed by atoms with E-state index < -0.39 is 0 Å². The molecule has 3 nitrogen and oxygen atoms in total. The number of nitrogens with two attached hydrogens (primary N) is 2. The Balaban J connectivity index is 3.05. The van der Waals surface area contributed by atoms with Gasteiger partial charge in [0.1, 0.15) is 0 Å². The molecule has 0 fully saturated rings. The van der Waals surface area contributed by atoms with Gasteiger partial charge in [-0.1, -0.05) is 36.2 Å². The molecule has 1 aromatic rings. The summed E-state index contributed by atoms with van der Waals surface area (Å²) in [5.74, 6) is 6.03. The van der Waals surface area contributed by atoms with Crippen molar-refractivity contribution in [3.63, 3.8) is 0 Å². The molecule has 0 amide bonds. The number of rotatable bonds is 4. The molecular formula is C11H18BrN3. The van der Waals surface area contributed by atoms with Crippen molar-refractivity contribution in [2.75, 3.05) is 5.73 Å². The van der Waals surface area contributed by atoms with Gasteiger partial charge >= 0.3 is 0 Å². The maximum Gasteiger partial charge on any atom is 0.0506 e. The van der Waals surface area contributed by atoms with Crippen LogP contribution in [0.3, 0.4) is 0 Å². The van der Waals surface area contributed by atoms with E-state index in [-0.39, 0.29) is 6.04 Å². The first-order valence-corrected chi connectivity index (χ1v) is 5.90. The Hall–Kier alpha value is -0.580. The molecule has 0 aliphatic heterocycles. The molecule has 0 aliphatic rings. The van der Waals surface area contributed by atoms with Gasteiger partial charge < -0.3 is 5.73 Å². The first-order chi connectivity index (χ1) is 7.10. The number of anilines is 1. The van der Waals surface area contributed by atoms with E-state index in [2.05, 4.69) is 35.2 Å². The smallest absolute Gasteiger partial charge is 0.0506 e. The molecule has 2 unspecified atom stereocenters. The van der Waals surface area contributed by atoms with E-state index in [0.29, 0.717) is 5.92 Å². The zero-order chi connectivity index (χ0) is 11.4. The van der Waals surface area contributed by atoms with Crippen molar-refractivity contribution in [3.8, 4) is 0 Å². The maximum atomic E-state index is 5.94. The van der Waals surface area contributed by atoms with E-state index in [1.807, 2.05) is 18.2 Å². The van der Waals surface area contributed by atoms with Crippen LogP contribution in [-0.2, 0) is 0 Å². The molecule has 0 radical (unpaired) electrons. The molecule has 1 rings (SSSR count). The average Bonchev–Trinajstić information content (AvgIpc) is 2.23. The molecule has 4 heteroatoms. The fourth-order valence-corrected chi connectivity index (χ4v) is 1.99. The lowest BCUT2D eigenvalue weighted by Crippen LogP contribution is -2.32. The minimum absolute atomic E-state index is 0.104. The van der Waals surface area contributed by atoms with E-state index in [1.54, 1.807) is 0 Å². The van der Waals surface area contributed by atoms with Crippen molar-refractivity contribution in [1.82, 2.24) is 5.43 Å². The van der Waals surface area contributed by atoms with Crippen LogP contribution in [0.15, 0.2) is 22.7 Å². The Kier molecular flexibility index (Phi) is 4.57. The van der Waals surface area contributed by atoms with E-state index in [9.17, 15) is 0 Å². The minimum Gasteiger partial charge on any atom is -0.398 e. The van der Waals surface area contributed by atoms with Crippen molar-refractivity contribution in [2.45, 2.75) is 26.3 Å². The normalized spacial score (nSPS) is 14.9. The monoisotopic (exact) mass is 271 g/mol. The first kappa shape index (κ1) is 12.5. The number of hydrazine groups is 1. The van der Waals surface area contributed by atoms with Crippen molar-refractivity contribution in [1.29, 1.82) is 0 Å². The molecule has 0 aliphatic carbocycles. The van der Waals surface area contributed by atoms with Gasteiger partial charge in [-0.3, -0.25) is 11.3 Å². The zero-order valence-corrected chi connectivity index (χ0v) is 10.7. The fourth-order valence-electron chi connectivity index (χ4n) is 1.61. The van der Waals surface area contributed by atoms with E-state index in [4.69, 9.17) is 11.6 Å². The van der Waals surface area contributed by atoms with Crippen LogP contribution < -0.4 is 17.0 Å². The van der Waals surface area contributed by atoms with Gasteiger partial charge in [0.15, 0.2) is 0 Å². The Morgan fingerprint density at radius 2 is 2.13 bits per heavy atom. The highest BCUT2D eigenvalue weighted by Crippen LogP contribution is 2.30. The molecule has 0 saturated carbocycles. The van der Waals surface area contributed by atoms with E-state index in [0.717, 1.165) is 22.1 Å². The molecular weight excluding hydrogens is 254 g/mol. The molecule has 0 saturated heterocycles. The molecule has 2 atom stereocenters. The largest absolute Gasteiger partial charge is 0.398 e. The minimum atomic E-state index is 0.104. The summed E-state index contributed by atoms with van der Waals surface area (Å²) in [6.07, 6.45) is 1.06. The highest BCUT2D eigenvalue weighted by molar-refractivity contribution is 9.10. The second-order valence-electron chi connectivity index (χ2n) is 3.80. The second-order valence-corrected chi connectivity index (χ2v) is 4.72. The SMILES string of the molecule is CCC(C)C(NN)c1cc(Br)ccc1N. The van der Waals surface area contributed by atoms with Gasteiger partial charge in [-0.25, -0.2) is 0 Å². The highest BCUT2D eigenvalue weighted by atomic mass is 79.9. The standard InChI is InChI=1S/C11H18BrN3/c1-3-7(2)11(15-14)9-6-8(12)4-5-10(9)13/h4-7,11,15H,3,13-14H2,1-2H3. The summed E-state index contributed by atoms with van der Waals surface area (Å²) in [5.41, 5.74) is 10.6. The number of nitrogen functional groups attached to an aromatic ring is 1. The summed E-state index contributed by atoms with van der Waals surface area (Å²) in [4.78, 5) is 0. The van der Waals surface area contributed by atoms with Crippen LogP contribution in [0.5, 0.6) is 0 Å². The average molecular weight is 272 g/mol. The number of hydrogen-bond donors (Lipinski definition) is 3. The van der Waals surface area contributed by atoms with Crippen molar-refractivity contribution in [2.24, 2.45) is 11.8 Å². The Morgan fingerprint density at radius 1 is 1.47 bits per heavy atom. The van der Waals surface area contributed by atoms with Crippen molar-refractivity contribution >= 4 is 21.6 Å². The quantitative estimate of drug-likeness (QED) is 0.448. The van der Waals surface area contributed by atoms with Gasteiger partial charge in [0.25, 0.3) is 0 Å². The summed E-state index contributed by atoms with van der Waals surface area (Å²) in [7, 11) is 0. The predicted molar refractivity (Wildman–Crippen MR) is 68.1 cm³/mol. The Bertz CT molecular complexity index is 328. The number of benzene rings is 1. The molecule has 5 N–H and O–H groups in total. The van der Waals surface area contributed by atoms with E-state index in [1.165, 1.54) is 0 Å². The molecule has 0 heterocycles. The number of halogens is 1. The highest BCUT2D eigenvalue weighted by Gasteiger charge is 2.18. The molecule has 84 valence electrons. The van der Waals surface area contributed by atoms with Crippen LogP contribution in [0.4, 0.5) is 5.69 Å². The van der Waals surface area contributed by atoms with Crippen LogP contribution in [0, 0.1) is 5.92 Å². The van der Waals surface area contributed by atoms with Gasteiger partial charge in [-0.15, -0.1) is 0 Å². The van der Waals surface area contributed by atoms with Gasteiger partial charge in [-0.05, 0) is 29.7 Å². The van der Waals surface area contributed by atoms with Gasteiger partial charge in [0.05, 0.1) is 6.04 Å². The zero-order valence-electron chi connectivity index (χ0n) is 9.13. The van der Waals surface area contributed by atoms with Gasteiger partial charge in [-0.2, -0.15) is 0 Å². The van der Waals surface area contributed by atoms with Crippen LogP contribution in [-0.4, -0.2) is 0 Å². The Morgan fingerprint density at radius 3 is 2.67 bits per heavy atom. The van der Waals surface area contributed by atoms with Crippen LogP contribution in [0.1, 0.15) is 31.9 Å². The lowest BCUT2D eigenvalue weighted by molar-refractivity contribution is 0.384. The molecule has 0 spiro atoms. The summed E-state index contributed by atoms with van der Waals surface area (Å²) < 4.78 is 1.02. The number of nitrogens with one attached hydrogen (secondary N) is 1. The summed E-state index contributed by atoms with van der Waals surface area (Å²) >= 11 is 3.44. The summed E-state index contributed by atoms with van der Waals surface area (Å²) in [6, 6.07) is 5.95.